The molecule has 12 heavy (non-hydrogen) atoms. The molecule has 0 bridgehead atoms. The first-order valence-electron chi connectivity index (χ1n) is 4.51. The molecule has 1 aromatic heterocycles. The van der Waals surface area contributed by atoms with Gasteiger partial charge in [-0.05, 0) is 19.4 Å². The van der Waals surface area contributed by atoms with Crippen LogP contribution in [0.5, 0.6) is 0 Å². The summed E-state index contributed by atoms with van der Waals surface area (Å²) in [6.45, 7) is 4.24. The van der Waals surface area contributed by atoms with E-state index in [4.69, 9.17) is 0 Å². The minimum Gasteiger partial charge on any atom is -0.315 e. The van der Waals surface area contributed by atoms with E-state index in [2.05, 4.69) is 28.7 Å². The average molecular weight is 166 g/mol. The minimum atomic E-state index is 0.526. The maximum Gasteiger partial charge on any atom is 0.0824 e. The molecule has 0 aromatic carbocycles. The molecule has 2 rings (SSSR count). The van der Waals surface area contributed by atoms with E-state index in [9.17, 15) is 0 Å². The van der Waals surface area contributed by atoms with Crippen LogP contribution in [0, 0.1) is 0 Å². The van der Waals surface area contributed by atoms with Gasteiger partial charge in [0.1, 0.15) is 0 Å². The molecule has 0 saturated carbocycles. The molecule has 1 atom stereocenters. The van der Waals surface area contributed by atoms with E-state index in [0.29, 0.717) is 6.04 Å². The minimum absolute atomic E-state index is 0.526. The fourth-order valence-electron chi connectivity index (χ4n) is 1.52. The summed E-state index contributed by atoms with van der Waals surface area (Å²) in [7, 11) is 0. The molecule has 1 aliphatic heterocycles. The maximum absolute atomic E-state index is 4.10. The van der Waals surface area contributed by atoms with Gasteiger partial charge in [0.2, 0.25) is 0 Å². The van der Waals surface area contributed by atoms with Crippen molar-refractivity contribution in [3.63, 3.8) is 0 Å². The Balaban J connectivity index is 2.11. The zero-order valence-corrected chi connectivity index (χ0v) is 7.32. The highest BCUT2D eigenvalue weighted by Crippen LogP contribution is 2.13. The first kappa shape index (κ1) is 7.73. The lowest BCUT2D eigenvalue weighted by Crippen LogP contribution is -2.13. The van der Waals surface area contributed by atoms with Crippen LogP contribution in [-0.4, -0.2) is 28.1 Å². The molecule has 4 nitrogen and oxygen atoms in total. The normalized spacial score (nSPS) is 23.2. The van der Waals surface area contributed by atoms with Crippen LogP contribution < -0.4 is 5.32 Å². The quantitative estimate of drug-likeness (QED) is 0.690. The van der Waals surface area contributed by atoms with Gasteiger partial charge in [0.05, 0.1) is 11.7 Å². The summed E-state index contributed by atoms with van der Waals surface area (Å²) in [5, 5.41) is 11.5. The predicted octanol–water partition coefficient (Wildman–Crippen LogP) is 0.375. The van der Waals surface area contributed by atoms with E-state index >= 15 is 0 Å². The molecule has 2 heterocycles. The van der Waals surface area contributed by atoms with Crippen LogP contribution in [0.25, 0.3) is 0 Å². The van der Waals surface area contributed by atoms with Crippen molar-refractivity contribution >= 4 is 0 Å². The first-order chi connectivity index (χ1) is 5.90. The van der Waals surface area contributed by atoms with Crippen LogP contribution in [-0.2, 0) is 6.42 Å². The van der Waals surface area contributed by atoms with Crippen molar-refractivity contribution in [2.24, 2.45) is 0 Å². The number of rotatable bonds is 2. The van der Waals surface area contributed by atoms with Gasteiger partial charge in [-0.25, -0.2) is 4.68 Å². The molecule has 1 fully saturated rings. The summed E-state index contributed by atoms with van der Waals surface area (Å²) < 4.78 is 1.98. The Morgan fingerprint density at radius 3 is 3.25 bits per heavy atom. The number of aromatic nitrogens is 3. The van der Waals surface area contributed by atoms with Gasteiger partial charge < -0.3 is 5.32 Å². The predicted molar refractivity (Wildman–Crippen MR) is 45.9 cm³/mol. The summed E-state index contributed by atoms with van der Waals surface area (Å²) in [5.74, 6) is 0. The first-order valence-corrected chi connectivity index (χ1v) is 4.51. The molecular weight excluding hydrogens is 152 g/mol. The second-order valence-electron chi connectivity index (χ2n) is 3.19. The van der Waals surface area contributed by atoms with Crippen LogP contribution in [0.3, 0.4) is 0 Å². The van der Waals surface area contributed by atoms with Crippen LogP contribution in [0.4, 0.5) is 0 Å². The highest BCUT2D eigenvalue weighted by atomic mass is 15.4. The smallest absolute Gasteiger partial charge is 0.0824 e. The fraction of sp³-hybridized carbons (Fsp3) is 0.750. The molecule has 0 amide bonds. The van der Waals surface area contributed by atoms with E-state index in [1.807, 2.05) is 4.68 Å². The van der Waals surface area contributed by atoms with Gasteiger partial charge in [0, 0.05) is 12.7 Å². The number of nitrogens with one attached hydrogen (secondary N) is 1. The summed E-state index contributed by atoms with van der Waals surface area (Å²) in [6.07, 6.45) is 4.20. The van der Waals surface area contributed by atoms with Crippen molar-refractivity contribution in [3.8, 4) is 0 Å². The van der Waals surface area contributed by atoms with Gasteiger partial charge in [-0.15, -0.1) is 5.10 Å². The largest absolute Gasteiger partial charge is 0.315 e. The highest BCUT2D eigenvalue weighted by Gasteiger charge is 2.17. The molecular formula is C8H14N4. The van der Waals surface area contributed by atoms with E-state index < -0.39 is 0 Å². The zero-order valence-electron chi connectivity index (χ0n) is 7.32. The molecule has 0 radical (unpaired) electrons. The maximum atomic E-state index is 4.10. The third-order valence-electron chi connectivity index (χ3n) is 2.33. The second kappa shape index (κ2) is 3.23. The number of hydrogen-bond acceptors (Lipinski definition) is 3. The monoisotopic (exact) mass is 166 g/mol. The Labute approximate surface area is 72.0 Å². The van der Waals surface area contributed by atoms with Crippen molar-refractivity contribution < 1.29 is 0 Å². The van der Waals surface area contributed by atoms with Gasteiger partial charge in [-0.3, -0.25) is 0 Å². The van der Waals surface area contributed by atoms with Gasteiger partial charge >= 0.3 is 0 Å². The lowest BCUT2D eigenvalue weighted by atomic mass is 10.3. The molecule has 1 N–H and O–H groups in total. The lowest BCUT2D eigenvalue weighted by Gasteiger charge is -2.05. The van der Waals surface area contributed by atoms with Gasteiger partial charge in [-0.2, -0.15) is 0 Å². The van der Waals surface area contributed by atoms with Gasteiger partial charge in [-0.1, -0.05) is 12.1 Å². The van der Waals surface area contributed by atoms with Gasteiger partial charge in [0.15, 0.2) is 0 Å². The van der Waals surface area contributed by atoms with Crippen molar-refractivity contribution in [1.82, 2.24) is 20.3 Å². The number of hydrogen-bond donors (Lipinski definition) is 1. The van der Waals surface area contributed by atoms with Gasteiger partial charge in [0.25, 0.3) is 0 Å². The van der Waals surface area contributed by atoms with E-state index in [-0.39, 0.29) is 0 Å². The van der Waals surface area contributed by atoms with Crippen molar-refractivity contribution in [2.45, 2.75) is 25.8 Å². The van der Waals surface area contributed by atoms with Crippen LogP contribution in [0.15, 0.2) is 6.20 Å². The zero-order chi connectivity index (χ0) is 8.39. The second-order valence-corrected chi connectivity index (χ2v) is 3.19. The van der Waals surface area contributed by atoms with Crippen molar-refractivity contribution in [1.29, 1.82) is 0 Å². The molecule has 0 aliphatic carbocycles. The third-order valence-corrected chi connectivity index (χ3v) is 2.33. The SMILES string of the molecule is CCc1cn([C@@H]2CCNC2)nn1. The van der Waals surface area contributed by atoms with Crippen LogP contribution in [0.2, 0.25) is 0 Å². The number of aryl methyl sites for hydroxylation is 1. The molecule has 1 saturated heterocycles. The third kappa shape index (κ3) is 1.34. The van der Waals surface area contributed by atoms with Crippen molar-refractivity contribution in [3.05, 3.63) is 11.9 Å². The Morgan fingerprint density at radius 2 is 2.67 bits per heavy atom. The fourth-order valence-corrected chi connectivity index (χ4v) is 1.52. The Kier molecular flexibility index (Phi) is 2.08. The molecule has 4 heteroatoms. The van der Waals surface area contributed by atoms with E-state index in [0.717, 1.165) is 25.2 Å². The molecule has 1 aliphatic rings. The molecule has 1 aromatic rings. The van der Waals surface area contributed by atoms with E-state index in [1.54, 1.807) is 0 Å². The standard InChI is InChI=1S/C8H14N4/c1-2-7-6-12(11-10-7)8-3-4-9-5-8/h6,8-9H,2-5H2,1H3/t8-/m1/s1. The Hall–Kier alpha value is -0.900. The average Bonchev–Trinajstić information content (AvgIpc) is 2.75. The summed E-state index contributed by atoms with van der Waals surface area (Å²) in [5.41, 5.74) is 1.09. The van der Waals surface area contributed by atoms with Crippen molar-refractivity contribution in [2.75, 3.05) is 13.1 Å². The Morgan fingerprint density at radius 1 is 1.75 bits per heavy atom. The summed E-state index contributed by atoms with van der Waals surface area (Å²) in [4.78, 5) is 0. The van der Waals surface area contributed by atoms with Crippen LogP contribution in [0.1, 0.15) is 25.1 Å². The Bertz CT molecular complexity index is 249. The summed E-state index contributed by atoms with van der Waals surface area (Å²) in [6, 6.07) is 0.526. The summed E-state index contributed by atoms with van der Waals surface area (Å²) >= 11 is 0. The molecule has 66 valence electrons. The highest BCUT2D eigenvalue weighted by molar-refractivity contribution is 4.93. The number of nitrogens with zero attached hydrogens (tertiary/aromatic N) is 3. The van der Waals surface area contributed by atoms with Crippen LogP contribution >= 0.6 is 0 Å². The molecule has 0 spiro atoms. The van der Waals surface area contributed by atoms with E-state index in [1.165, 1.54) is 6.42 Å². The topological polar surface area (TPSA) is 42.7 Å². The molecule has 0 unspecified atom stereocenters. The lowest BCUT2D eigenvalue weighted by molar-refractivity contribution is 0.476.